The molecular weight excluding hydrogens is 268 g/mol. The van der Waals surface area contributed by atoms with Gasteiger partial charge in [-0.2, -0.15) is 0 Å². The number of hydrogen-bond donors (Lipinski definition) is 0. The fourth-order valence-electron chi connectivity index (χ4n) is 2.83. The summed E-state index contributed by atoms with van der Waals surface area (Å²) in [6, 6.07) is 17.3. The van der Waals surface area contributed by atoms with Crippen LogP contribution in [0.4, 0.5) is 0 Å². The van der Waals surface area contributed by atoms with Gasteiger partial charge in [0.05, 0.1) is 0 Å². The predicted octanol–water partition coefficient (Wildman–Crippen LogP) is 5.27. The van der Waals surface area contributed by atoms with Crippen LogP contribution in [-0.2, 0) is 7.05 Å². The summed E-state index contributed by atoms with van der Waals surface area (Å²) in [5.41, 5.74) is 5.10. The fourth-order valence-corrected chi connectivity index (χ4v) is 2.83. The van der Waals surface area contributed by atoms with E-state index in [4.69, 9.17) is 0 Å². The summed E-state index contributed by atoms with van der Waals surface area (Å²) in [6.07, 6.45) is 5.00. The first-order valence-corrected chi connectivity index (χ1v) is 7.87. The molecule has 1 heterocycles. The molecular formula is C20H22N2. The molecule has 0 aliphatic carbocycles. The molecule has 112 valence electrons. The Labute approximate surface area is 132 Å². The first-order valence-electron chi connectivity index (χ1n) is 7.87. The van der Waals surface area contributed by atoms with Gasteiger partial charge < -0.3 is 4.57 Å². The van der Waals surface area contributed by atoms with Gasteiger partial charge in [0.1, 0.15) is 5.82 Å². The van der Waals surface area contributed by atoms with Crippen LogP contribution >= 0.6 is 0 Å². The van der Waals surface area contributed by atoms with Crippen molar-refractivity contribution in [2.45, 2.75) is 26.2 Å². The minimum Gasteiger partial charge on any atom is -0.334 e. The second kappa shape index (κ2) is 6.18. The maximum Gasteiger partial charge on any atom is 0.139 e. The van der Waals surface area contributed by atoms with Crippen LogP contribution in [0.3, 0.4) is 0 Å². The molecule has 0 bridgehead atoms. The molecule has 0 saturated heterocycles. The first-order chi connectivity index (χ1) is 10.7. The second-order valence-electron chi connectivity index (χ2n) is 5.84. The fraction of sp³-hybridized carbons (Fsp3) is 0.250. The summed E-state index contributed by atoms with van der Waals surface area (Å²) < 4.78 is 2.09. The van der Waals surface area contributed by atoms with Gasteiger partial charge in [0.2, 0.25) is 0 Å². The van der Waals surface area contributed by atoms with Gasteiger partial charge in [-0.1, -0.05) is 56.3 Å². The average molecular weight is 290 g/mol. The number of aryl methyl sites for hydroxylation is 1. The first kappa shape index (κ1) is 14.6. The third-order valence-corrected chi connectivity index (χ3v) is 4.37. The average Bonchev–Trinajstić information content (AvgIpc) is 3.00. The van der Waals surface area contributed by atoms with Crippen LogP contribution in [0, 0.1) is 0 Å². The molecule has 2 aromatic carbocycles. The van der Waals surface area contributed by atoms with Crippen molar-refractivity contribution in [1.82, 2.24) is 9.55 Å². The van der Waals surface area contributed by atoms with Gasteiger partial charge in [0, 0.05) is 25.0 Å². The van der Waals surface area contributed by atoms with Crippen LogP contribution in [-0.4, -0.2) is 9.55 Å². The lowest BCUT2D eigenvalue weighted by atomic mass is 9.90. The molecule has 3 aromatic rings. The second-order valence-corrected chi connectivity index (χ2v) is 5.84. The van der Waals surface area contributed by atoms with Crippen molar-refractivity contribution >= 4 is 0 Å². The lowest BCUT2D eigenvalue weighted by molar-refractivity contribution is 0.733. The monoisotopic (exact) mass is 290 g/mol. The molecule has 0 N–H and O–H groups in total. The number of nitrogens with zero attached hydrogens (tertiary/aromatic N) is 2. The molecule has 0 saturated carbocycles. The summed E-state index contributed by atoms with van der Waals surface area (Å²) in [4.78, 5) is 4.56. The largest absolute Gasteiger partial charge is 0.334 e. The smallest absolute Gasteiger partial charge is 0.139 e. The Morgan fingerprint density at radius 2 is 1.82 bits per heavy atom. The highest BCUT2D eigenvalue weighted by Gasteiger charge is 2.15. The summed E-state index contributed by atoms with van der Waals surface area (Å²) in [5.74, 6) is 1.56. The highest BCUT2D eigenvalue weighted by atomic mass is 15.0. The van der Waals surface area contributed by atoms with Crippen LogP contribution in [0.5, 0.6) is 0 Å². The Balaban J connectivity index is 2.17. The van der Waals surface area contributed by atoms with E-state index in [2.05, 4.69) is 79.0 Å². The molecule has 3 rings (SSSR count). The quantitative estimate of drug-likeness (QED) is 0.640. The Morgan fingerprint density at radius 1 is 1.05 bits per heavy atom. The number of imidazole rings is 1. The van der Waals surface area contributed by atoms with E-state index >= 15 is 0 Å². The predicted molar refractivity (Wildman–Crippen MR) is 92.8 cm³/mol. The van der Waals surface area contributed by atoms with E-state index in [0.29, 0.717) is 5.92 Å². The summed E-state index contributed by atoms with van der Waals surface area (Å²) in [5, 5.41) is 0. The molecule has 1 unspecified atom stereocenters. The summed E-state index contributed by atoms with van der Waals surface area (Å²) in [6.45, 7) is 4.52. The van der Waals surface area contributed by atoms with Crippen molar-refractivity contribution in [3.63, 3.8) is 0 Å². The van der Waals surface area contributed by atoms with Crippen LogP contribution < -0.4 is 0 Å². The van der Waals surface area contributed by atoms with Gasteiger partial charge in [-0.3, -0.25) is 0 Å². The number of aromatic nitrogens is 2. The zero-order valence-corrected chi connectivity index (χ0v) is 13.5. The maximum atomic E-state index is 4.56. The molecule has 2 heteroatoms. The van der Waals surface area contributed by atoms with Gasteiger partial charge in [-0.25, -0.2) is 4.98 Å². The van der Waals surface area contributed by atoms with Crippen molar-refractivity contribution in [2.24, 2.45) is 7.05 Å². The maximum absolute atomic E-state index is 4.56. The van der Waals surface area contributed by atoms with Gasteiger partial charge in [0.25, 0.3) is 0 Å². The number of benzene rings is 2. The van der Waals surface area contributed by atoms with Crippen molar-refractivity contribution in [2.75, 3.05) is 0 Å². The van der Waals surface area contributed by atoms with Crippen molar-refractivity contribution in [3.8, 4) is 22.5 Å². The third kappa shape index (κ3) is 2.69. The zero-order valence-electron chi connectivity index (χ0n) is 13.5. The molecule has 2 nitrogen and oxygen atoms in total. The van der Waals surface area contributed by atoms with Gasteiger partial charge in [-0.15, -0.1) is 0 Å². The zero-order chi connectivity index (χ0) is 15.5. The van der Waals surface area contributed by atoms with E-state index in [1.54, 1.807) is 0 Å². The Morgan fingerprint density at radius 3 is 2.45 bits per heavy atom. The van der Waals surface area contributed by atoms with Crippen LogP contribution in [0.25, 0.3) is 22.5 Å². The van der Waals surface area contributed by atoms with Gasteiger partial charge >= 0.3 is 0 Å². The topological polar surface area (TPSA) is 17.8 Å². The molecule has 0 spiro atoms. The summed E-state index contributed by atoms with van der Waals surface area (Å²) >= 11 is 0. The van der Waals surface area contributed by atoms with Crippen molar-refractivity contribution in [3.05, 3.63) is 66.5 Å². The van der Waals surface area contributed by atoms with E-state index in [0.717, 1.165) is 12.2 Å². The molecule has 22 heavy (non-hydrogen) atoms. The lowest BCUT2D eigenvalue weighted by Gasteiger charge is -2.16. The van der Waals surface area contributed by atoms with E-state index in [-0.39, 0.29) is 0 Å². The standard InChI is InChI=1S/C20H22N2/c1-4-15(2)18-11-10-17(16-8-6-5-7-9-16)14-19(18)20-21-12-13-22(20)3/h5-15H,4H2,1-3H3. The van der Waals surface area contributed by atoms with Crippen LogP contribution in [0.15, 0.2) is 60.9 Å². The summed E-state index contributed by atoms with van der Waals surface area (Å²) in [7, 11) is 2.05. The van der Waals surface area contributed by atoms with E-state index < -0.39 is 0 Å². The van der Waals surface area contributed by atoms with Crippen molar-refractivity contribution in [1.29, 1.82) is 0 Å². The molecule has 0 fully saturated rings. The number of hydrogen-bond acceptors (Lipinski definition) is 1. The van der Waals surface area contributed by atoms with E-state index in [1.165, 1.54) is 22.3 Å². The molecule has 0 amide bonds. The molecule has 0 radical (unpaired) electrons. The highest BCUT2D eigenvalue weighted by Crippen LogP contribution is 2.33. The molecule has 0 aliphatic heterocycles. The molecule has 1 aromatic heterocycles. The van der Waals surface area contributed by atoms with E-state index in [1.807, 2.05) is 12.4 Å². The third-order valence-electron chi connectivity index (χ3n) is 4.37. The highest BCUT2D eigenvalue weighted by molar-refractivity contribution is 5.73. The van der Waals surface area contributed by atoms with Gasteiger partial charge in [0.15, 0.2) is 0 Å². The number of rotatable bonds is 4. The minimum absolute atomic E-state index is 0.525. The Bertz CT molecular complexity index is 756. The van der Waals surface area contributed by atoms with Crippen molar-refractivity contribution < 1.29 is 0 Å². The molecule has 1 atom stereocenters. The normalized spacial score (nSPS) is 12.3. The Hall–Kier alpha value is -2.35. The van der Waals surface area contributed by atoms with Gasteiger partial charge in [-0.05, 0) is 35.1 Å². The van der Waals surface area contributed by atoms with Crippen LogP contribution in [0.1, 0.15) is 31.7 Å². The van der Waals surface area contributed by atoms with Crippen LogP contribution in [0.2, 0.25) is 0 Å². The Kier molecular flexibility index (Phi) is 4.10. The van der Waals surface area contributed by atoms with E-state index in [9.17, 15) is 0 Å². The molecule has 0 aliphatic rings. The minimum atomic E-state index is 0.525. The lowest BCUT2D eigenvalue weighted by Crippen LogP contribution is -2.00. The SMILES string of the molecule is CCC(C)c1ccc(-c2ccccc2)cc1-c1nccn1C.